The monoisotopic (exact) mass is 1180 g/mol. The Hall–Kier alpha value is -9.76. The van der Waals surface area contributed by atoms with Gasteiger partial charge in [0.25, 0.3) is 6.47 Å². The lowest BCUT2D eigenvalue weighted by molar-refractivity contribution is -0.120. The van der Waals surface area contributed by atoms with Crippen LogP contribution in [0, 0.1) is 0 Å². The number of ketones is 1. The van der Waals surface area contributed by atoms with E-state index in [0.717, 1.165) is 78.6 Å². The van der Waals surface area contributed by atoms with Gasteiger partial charge < -0.3 is 53.7 Å². The van der Waals surface area contributed by atoms with Gasteiger partial charge in [-0.25, -0.2) is 9.59 Å². The van der Waals surface area contributed by atoms with E-state index in [1.54, 1.807) is 48.5 Å². The lowest BCUT2D eigenvalue weighted by atomic mass is 9.74. The molecule has 0 bridgehead atoms. The number of nitrogens with zero attached hydrogens (tertiary/aromatic N) is 3. The zero-order valence-corrected chi connectivity index (χ0v) is 51.8. The summed E-state index contributed by atoms with van der Waals surface area (Å²) >= 11 is 0. The number of ether oxygens (including phenoxy) is 5. The lowest BCUT2D eigenvalue weighted by Crippen LogP contribution is -2.36. The maximum absolute atomic E-state index is 13.6. The van der Waals surface area contributed by atoms with Crippen LogP contribution in [0.2, 0.25) is 0 Å². The van der Waals surface area contributed by atoms with Crippen LogP contribution in [0.25, 0.3) is 0 Å². The molecule has 0 fully saturated rings. The summed E-state index contributed by atoms with van der Waals surface area (Å²) in [5.41, 5.74) is 5.85. The van der Waals surface area contributed by atoms with Crippen molar-refractivity contribution in [2.24, 2.45) is 0 Å². The standard InChI is InChI=1S/C42H36N2O6.C18H19NO4.C6H6O2.3C2H6/c1-5-43(6-2)25-17-19-31-35(21-25)47-37-23-34-38(24-33(37)41(31)29-15-11-9-13-27(29)39(45)49-41)48-36-22-26(44(7-3)8-4)18-20-32(36)42(34)30-16-12-10-14-28(30)40(46)50-42;1-3-19(4-2)13-9-10-14(16(21)11-13)18(22)15-7-5-6-8-17(15)23-12-20;7-5-1-2-6(8)4-3-5;3*1-2/h9-24H,5-8H2,1-4H3;5-12,21H,3-4H2,1-2H3;1-4,7-8H;3*1-2H3. The molecule has 15 nitrogen and oxygen atoms in total. The first kappa shape index (κ1) is 64.8. The van der Waals surface area contributed by atoms with Gasteiger partial charge in [-0.15, -0.1) is 0 Å². The molecule has 8 aromatic rings. The zero-order valence-electron chi connectivity index (χ0n) is 51.8. The van der Waals surface area contributed by atoms with Gasteiger partial charge in [-0.1, -0.05) is 90.1 Å². The summed E-state index contributed by atoms with van der Waals surface area (Å²) in [7, 11) is 0. The molecule has 3 N–H and O–H groups in total. The molecule has 4 aliphatic heterocycles. The fourth-order valence-corrected chi connectivity index (χ4v) is 11.3. The highest BCUT2D eigenvalue weighted by molar-refractivity contribution is 6.12. The molecule has 2 atom stereocenters. The van der Waals surface area contributed by atoms with Gasteiger partial charge in [0.05, 0.1) is 33.4 Å². The second-order valence-electron chi connectivity index (χ2n) is 19.4. The first-order valence-electron chi connectivity index (χ1n) is 30.1. The van der Waals surface area contributed by atoms with Crippen LogP contribution in [0.4, 0.5) is 17.1 Å². The topological polar surface area (TPSA) is 185 Å². The van der Waals surface area contributed by atoms with Gasteiger partial charge >= 0.3 is 11.9 Å². The van der Waals surface area contributed by atoms with Crippen molar-refractivity contribution in [2.45, 2.75) is 94.3 Å². The molecular weight excluding hydrogens is 1100 g/mol. The van der Waals surface area contributed by atoms with Crippen molar-refractivity contribution in [1.82, 2.24) is 0 Å². The molecule has 12 rings (SSSR count). The quantitative estimate of drug-likeness (QED) is 0.0428. The molecule has 454 valence electrons. The molecule has 0 saturated heterocycles. The normalized spacial score (nSPS) is 15.2. The van der Waals surface area contributed by atoms with Crippen molar-refractivity contribution in [3.8, 4) is 46.0 Å². The summed E-state index contributed by atoms with van der Waals surface area (Å²) < 4.78 is 31.5. The second-order valence-corrected chi connectivity index (χ2v) is 19.4. The Bertz CT molecular complexity index is 3540. The van der Waals surface area contributed by atoms with Crippen molar-refractivity contribution in [1.29, 1.82) is 0 Å². The van der Waals surface area contributed by atoms with Gasteiger partial charge in [-0.2, -0.15) is 0 Å². The number of phenolic OH excluding ortho intramolecular Hbond substituents is 3. The van der Waals surface area contributed by atoms with Gasteiger partial charge in [-0.05, 0) is 139 Å². The zero-order chi connectivity index (χ0) is 63.2. The van der Waals surface area contributed by atoms with Crippen LogP contribution in [0.3, 0.4) is 0 Å². The number of anilines is 3. The highest BCUT2D eigenvalue weighted by Crippen LogP contribution is 2.62. The SMILES string of the molecule is CC.CC.CC.CCN(CC)c1ccc(C(=O)c2ccccc2OC=O)c(O)c1.CCN(CC)c1ccc2c(c1)Oc1cc3c(cc1C21OC(=O)c2ccccc21)Oc1cc(N(CC)CC)ccc1C31OC(=O)c2ccccc21.Oc1ccc(O)cc1. The summed E-state index contributed by atoms with van der Waals surface area (Å²) in [5.74, 6) is 1.35. The summed E-state index contributed by atoms with van der Waals surface area (Å²) in [4.78, 5) is 57.0. The Morgan fingerprint density at radius 2 is 0.805 bits per heavy atom. The number of carbonyl (C=O) groups is 4. The predicted molar refractivity (Wildman–Crippen MR) is 342 cm³/mol. The van der Waals surface area contributed by atoms with Crippen LogP contribution in [-0.2, 0) is 25.5 Å². The average molecular weight is 1180 g/mol. The molecule has 0 radical (unpaired) electrons. The van der Waals surface area contributed by atoms with E-state index in [1.165, 1.54) is 30.3 Å². The third-order valence-electron chi connectivity index (χ3n) is 15.3. The number of rotatable bonds is 13. The van der Waals surface area contributed by atoms with Crippen LogP contribution in [0.15, 0.2) is 164 Å². The summed E-state index contributed by atoms with van der Waals surface area (Å²) in [6.45, 7) is 29.7. The van der Waals surface area contributed by atoms with Gasteiger partial charge in [-0.3, -0.25) is 9.59 Å². The number of aromatic hydroxyl groups is 3. The van der Waals surface area contributed by atoms with Gasteiger partial charge in [0.15, 0.2) is 17.0 Å². The van der Waals surface area contributed by atoms with E-state index in [4.69, 9.17) is 33.9 Å². The summed E-state index contributed by atoms with van der Waals surface area (Å²) in [6, 6.07) is 48.1. The van der Waals surface area contributed by atoms with Crippen LogP contribution >= 0.6 is 0 Å². The molecule has 0 aromatic heterocycles. The molecule has 4 heterocycles. The Morgan fingerprint density at radius 3 is 1.21 bits per heavy atom. The third kappa shape index (κ3) is 12.2. The summed E-state index contributed by atoms with van der Waals surface area (Å²) in [6.07, 6.45) is 0. The van der Waals surface area contributed by atoms with Crippen molar-refractivity contribution >= 4 is 41.3 Å². The maximum atomic E-state index is 13.6. The third-order valence-corrected chi connectivity index (χ3v) is 15.3. The first-order valence-corrected chi connectivity index (χ1v) is 30.1. The molecular formula is C72H79N3O12. The van der Waals surface area contributed by atoms with E-state index in [9.17, 15) is 24.3 Å². The van der Waals surface area contributed by atoms with Crippen molar-refractivity contribution in [3.05, 3.63) is 219 Å². The van der Waals surface area contributed by atoms with Crippen LogP contribution in [0.5, 0.6) is 46.0 Å². The average Bonchev–Trinajstić information content (AvgIpc) is 1.65. The molecule has 8 aromatic carbocycles. The van der Waals surface area contributed by atoms with Gasteiger partial charge in [0.2, 0.25) is 0 Å². The van der Waals surface area contributed by atoms with E-state index in [1.807, 2.05) is 128 Å². The number of hydrogen-bond acceptors (Lipinski definition) is 15. The maximum Gasteiger partial charge on any atom is 0.340 e. The molecule has 4 aliphatic rings. The Labute approximate surface area is 510 Å². The van der Waals surface area contributed by atoms with E-state index in [0.29, 0.717) is 45.3 Å². The predicted octanol–water partition coefficient (Wildman–Crippen LogP) is 15.7. The van der Waals surface area contributed by atoms with Gasteiger partial charge in [0, 0.05) is 96.8 Å². The minimum Gasteiger partial charge on any atom is -0.508 e. The van der Waals surface area contributed by atoms with Crippen LogP contribution < -0.4 is 28.9 Å². The number of esters is 2. The minimum absolute atomic E-state index is 0.0969. The number of benzene rings is 8. The Morgan fingerprint density at radius 1 is 0.437 bits per heavy atom. The molecule has 0 aliphatic carbocycles. The largest absolute Gasteiger partial charge is 0.508 e. The number of fused-ring (bicyclic) bond motifs is 12. The first-order chi connectivity index (χ1) is 42.3. The number of carbonyl (C=O) groups excluding carboxylic acids is 4. The van der Waals surface area contributed by atoms with E-state index >= 15 is 0 Å². The molecule has 0 saturated carbocycles. The summed E-state index contributed by atoms with van der Waals surface area (Å²) in [5, 5.41) is 27.5. The Kier molecular flexibility index (Phi) is 21.5. The van der Waals surface area contributed by atoms with E-state index < -0.39 is 28.9 Å². The Balaban J connectivity index is 0.000000242. The minimum atomic E-state index is -1.29. The highest BCUT2D eigenvalue weighted by Gasteiger charge is 2.58. The van der Waals surface area contributed by atoms with Crippen molar-refractivity contribution < 1.29 is 58.2 Å². The van der Waals surface area contributed by atoms with Crippen LogP contribution in [-0.4, -0.2) is 78.8 Å². The van der Waals surface area contributed by atoms with Crippen molar-refractivity contribution in [3.63, 3.8) is 0 Å². The van der Waals surface area contributed by atoms with Crippen LogP contribution in [0.1, 0.15) is 153 Å². The second kappa shape index (κ2) is 28.9. The molecule has 2 spiro atoms. The number of hydrogen-bond donors (Lipinski definition) is 3. The fraction of sp³-hybridized carbons (Fsp3) is 0.278. The molecule has 15 heteroatoms. The molecule has 2 unspecified atom stereocenters. The molecule has 87 heavy (non-hydrogen) atoms. The van der Waals surface area contributed by atoms with Crippen molar-refractivity contribution in [2.75, 3.05) is 54.0 Å². The fourth-order valence-electron chi connectivity index (χ4n) is 11.3. The number of para-hydroxylation sites is 1. The molecule has 0 amide bonds. The van der Waals surface area contributed by atoms with E-state index in [2.05, 4.69) is 54.5 Å². The smallest absolute Gasteiger partial charge is 0.340 e. The lowest BCUT2D eigenvalue weighted by Gasteiger charge is -2.41. The van der Waals surface area contributed by atoms with Gasteiger partial charge in [0.1, 0.15) is 46.0 Å². The number of phenols is 3. The van der Waals surface area contributed by atoms with E-state index in [-0.39, 0.29) is 40.6 Å². The highest BCUT2D eigenvalue weighted by atomic mass is 16.6.